The minimum Gasteiger partial charge on any atom is -0.366 e. The summed E-state index contributed by atoms with van der Waals surface area (Å²) in [7, 11) is 0. The molecule has 0 bridgehead atoms. The fourth-order valence-corrected chi connectivity index (χ4v) is 4.70. The van der Waals surface area contributed by atoms with Crippen molar-refractivity contribution >= 4 is 23.2 Å². The highest BCUT2D eigenvalue weighted by Gasteiger charge is 2.39. The van der Waals surface area contributed by atoms with Crippen LogP contribution in [-0.4, -0.2) is 53.3 Å². The molecule has 1 aromatic heterocycles. The normalized spacial score (nSPS) is 25.8. The van der Waals surface area contributed by atoms with Gasteiger partial charge in [-0.15, -0.1) is 11.3 Å². The van der Waals surface area contributed by atoms with Crippen LogP contribution in [0.25, 0.3) is 0 Å². The fraction of sp³-hybridized carbons (Fsp3) is 0.625. The van der Waals surface area contributed by atoms with Crippen LogP contribution in [0.15, 0.2) is 11.4 Å². The first kappa shape index (κ1) is 15.5. The zero-order chi connectivity index (χ0) is 15.7. The zero-order valence-corrected chi connectivity index (χ0v) is 13.8. The van der Waals surface area contributed by atoms with Gasteiger partial charge in [-0.05, 0) is 44.8 Å². The van der Waals surface area contributed by atoms with E-state index >= 15 is 0 Å². The summed E-state index contributed by atoms with van der Waals surface area (Å²) in [4.78, 5) is 29.2. The average molecular weight is 321 g/mol. The Labute approximate surface area is 135 Å². The lowest BCUT2D eigenvalue weighted by atomic mass is 10.0. The number of carbonyl (C=O) groups is 2. The Hall–Kier alpha value is -1.40. The lowest BCUT2D eigenvalue weighted by Crippen LogP contribution is -2.48. The molecule has 0 aromatic carbocycles. The van der Waals surface area contributed by atoms with E-state index in [0.29, 0.717) is 22.5 Å². The summed E-state index contributed by atoms with van der Waals surface area (Å²) in [5.74, 6) is -0.413. The van der Waals surface area contributed by atoms with Crippen molar-refractivity contribution in [2.45, 2.75) is 44.7 Å². The van der Waals surface area contributed by atoms with Gasteiger partial charge in [-0.1, -0.05) is 6.92 Å². The van der Waals surface area contributed by atoms with Crippen molar-refractivity contribution in [1.82, 2.24) is 9.80 Å². The molecule has 2 aliphatic rings. The molecular weight excluding hydrogens is 298 g/mol. The smallest absolute Gasteiger partial charge is 0.264 e. The maximum atomic E-state index is 12.8. The predicted octanol–water partition coefficient (Wildman–Crippen LogP) is 1.94. The van der Waals surface area contributed by atoms with E-state index in [1.54, 1.807) is 11.4 Å². The Morgan fingerprint density at radius 1 is 1.27 bits per heavy atom. The molecule has 2 aliphatic heterocycles. The highest BCUT2D eigenvalue weighted by molar-refractivity contribution is 7.12. The van der Waals surface area contributed by atoms with Crippen molar-refractivity contribution < 1.29 is 9.59 Å². The Bertz CT molecular complexity index is 571. The molecule has 5 nitrogen and oxygen atoms in total. The average Bonchev–Trinajstić information content (AvgIpc) is 3.23. The molecule has 2 saturated heterocycles. The number of primary amides is 1. The van der Waals surface area contributed by atoms with E-state index < -0.39 is 5.91 Å². The third-order valence-corrected chi connectivity index (χ3v) is 5.84. The minimum atomic E-state index is -0.471. The van der Waals surface area contributed by atoms with Crippen molar-refractivity contribution in [3.05, 3.63) is 21.9 Å². The Balaban J connectivity index is 1.77. The molecule has 2 atom stereocenters. The number of rotatable bonds is 4. The zero-order valence-electron chi connectivity index (χ0n) is 13.0. The molecule has 0 spiro atoms. The van der Waals surface area contributed by atoms with Gasteiger partial charge in [0.25, 0.3) is 5.91 Å². The van der Waals surface area contributed by atoms with E-state index in [2.05, 4.69) is 11.8 Å². The summed E-state index contributed by atoms with van der Waals surface area (Å²) in [6.07, 6.45) is 4.56. The summed E-state index contributed by atoms with van der Waals surface area (Å²) in [6.45, 7) is 5.21. The first-order chi connectivity index (χ1) is 10.6. The maximum Gasteiger partial charge on any atom is 0.264 e. The van der Waals surface area contributed by atoms with Crippen LogP contribution in [0.1, 0.15) is 52.6 Å². The molecule has 0 aliphatic carbocycles. The van der Waals surface area contributed by atoms with Crippen molar-refractivity contribution in [2.24, 2.45) is 5.73 Å². The van der Waals surface area contributed by atoms with Crippen molar-refractivity contribution in [2.75, 3.05) is 19.6 Å². The highest BCUT2D eigenvalue weighted by atomic mass is 32.1. The molecule has 2 fully saturated rings. The van der Waals surface area contributed by atoms with Gasteiger partial charge in [0.2, 0.25) is 5.91 Å². The van der Waals surface area contributed by atoms with Crippen LogP contribution in [0, 0.1) is 0 Å². The molecule has 0 unspecified atom stereocenters. The second-order valence-corrected chi connectivity index (χ2v) is 7.02. The van der Waals surface area contributed by atoms with Gasteiger partial charge < -0.3 is 10.6 Å². The number of nitrogens with two attached hydrogens (primary N) is 1. The van der Waals surface area contributed by atoms with E-state index in [1.165, 1.54) is 24.2 Å². The van der Waals surface area contributed by atoms with Gasteiger partial charge in [-0.3, -0.25) is 14.5 Å². The largest absolute Gasteiger partial charge is 0.366 e. The molecule has 3 rings (SSSR count). The van der Waals surface area contributed by atoms with Crippen LogP contribution < -0.4 is 5.73 Å². The van der Waals surface area contributed by atoms with Crippen molar-refractivity contribution in [3.63, 3.8) is 0 Å². The van der Waals surface area contributed by atoms with E-state index in [1.807, 2.05) is 4.90 Å². The SMILES string of the molecule is CCN1CCC[C@H]1[C@@H]1CCCN1C(=O)c1cc(C(N)=O)cs1. The van der Waals surface area contributed by atoms with Crippen LogP contribution in [0.2, 0.25) is 0 Å². The number of hydrogen-bond acceptors (Lipinski definition) is 4. The third-order valence-electron chi connectivity index (χ3n) is 4.92. The second-order valence-electron chi connectivity index (χ2n) is 6.11. The standard InChI is InChI=1S/C16H23N3O2S/c1-2-18-7-3-5-12(18)13-6-4-8-19(13)16(21)14-9-11(10-22-14)15(17)20/h9-10,12-13H,2-8H2,1H3,(H2,17,20)/t12-,13-/m0/s1. The van der Waals surface area contributed by atoms with Gasteiger partial charge in [-0.2, -0.15) is 0 Å². The first-order valence-electron chi connectivity index (χ1n) is 8.05. The number of amides is 2. The van der Waals surface area contributed by atoms with Gasteiger partial charge in [0.1, 0.15) is 0 Å². The molecule has 6 heteroatoms. The monoisotopic (exact) mass is 321 g/mol. The molecule has 1 aromatic rings. The summed E-state index contributed by atoms with van der Waals surface area (Å²) in [6, 6.07) is 2.44. The Kier molecular flexibility index (Phi) is 4.49. The number of thiophene rings is 1. The summed E-state index contributed by atoms with van der Waals surface area (Å²) in [5, 5.41) is 1.68. The second kappa shape index (κ2) is 6.38. The van der Waals surface area contributed by atoms with Crippen LogP contribution in [-0.2, 0) is 0 Å². The number of hydrogen-bond donors (Lipinski definition) is 1. The molecule has 2 amide bonds. The van der Waals surface area contributed by atoms with Gasteiger partial charge in [0, 0.05) is 24.0 Å². The lowest BCUT2D eigenvalue weighted by Gasteiger charge is -2.34. The molecule has 0 saturated carbocycles. The van der Waals surface area contributed by atoms with Gasteiger partial charge in [-0.25, -0.2) is 0 Å². The summed E-state index contributed by atoms with van der Waals surface area (Å²) in [5.41, 5.74) is 5.71. The molecular formula is C16H23N3O2S. The van der Waals surface area contributed by atoms with E-state index in [-0.39, 0.29) is 5.91 Å². The first-order valence-corrected chi connectivity index (χ1v) is 8.93. The number of likely N-dealkylation sites (N-methyl/N-ethyl adjacent to an activating group) is 1. The van der Waals surface area contributed by atoms with Crippen LogP contribution in [0.5, 0.6) is 0 Å². The van der Waals surface area contributed by atoms with E-state index in [9.17, 15) is 9.59 Å². The topological polar surface area (TPSA) is 66.6 Å². The number of likely N-dealkylation sites (tertiary alicyclic amines) is 2. The lowest BCUT2D eigenvalue weighted by molar-refractivity contribution is 0.0655. The van der Waals surface area contributed by atoms with Crippen LogP contribution in [0.4, 0.5) is 0 Å². The fourth-order valence-electron chi connectivity index (χ4n) is 3.84. The summed E-state index contributed by atoms with van der Waals surface area (Å²) < 4.78 is 0. The highest BCUT2D eigenvalue weighted by Crippen LogP contribution is 2.31. The van der Waals surface area contributed by atoms with Gasteiger partial charge >= 0.3 is 0 Å². The van der Waals surface area contributed by atoms with Gasteiger partial charge in [0.05, 0.1) is 10.4 Å². The molecule has 120 valence electrons. The van der Waals surface area contributed by atoms with Crippen LogP contribution >= 0.6 is 11.3 Å². The summed E-state index contributed by atoms with van der Waals surface area (Å²) >= 11 is 1.32. The quantitative estimate of drug-likeness (QED) is 0.921. The van der Waals surface area contributed by atoms with Gasteiger partial charge in [0.15, 0.2) is 0 Å². The maximum absolute atomic E-state index is 12.8. The molecule has 3 heterocycles. The predicted molar refractivity (Wildman–Crippen MR) is 87.2 cm³/mol. The third kappa shape index (κ3) is 2.77. The van der Waals surface area contributed by atoms with Crippen molar-refractivity contribution in [3.8, 4) is 0 Å². The van der Waals surface area contributed by atoms with Crippen molar-refractivity contribution in [1.29, 1.82) is 0 Å². The van der Waals surface area contributed by atoms with E-state index in [4.69, 9.17) is 5.73 Å². The Morgan fingerprint density at radius 2 is 2.00 bits per heavy atom. The number of nitrogens with zero attached hydrogens (tertiary/aromatic N) is 2. The minimum absolute atomic E-state index is 0.0583. The van der Waals surface area contributed by atoms with Crippen LogP contribution in [0.3, 0.4) is 0 Å². The Morgan fingerprint density at radius 3 is 2.68 bits per heavy atom. The number of carbonyl (C=O) groups excluding carboxylic acids is 2. The molecule has 0 radical (unpaired) electrons. The van der Waals surface area contributed by atoms with E-state index in [0.717, 1.165) is 32.5 Å². The molecule has 2 N–H and O–H groups in total. The molecule has 22 heavy (non-hydrogen) atoms.